The summed E-state index contributed by atoms with van der Waals surface area (Å²) in [6.45, 7) is 2.70. The Kier molecular flexibility index (Phi) is 6.44. The van der Waals surface area contributed by atoms with Crippen molar-refractivity contribution in [2.75, 3.05) is 33.2 Å². The Hall–Kier alpha value is -2.86. The molecule has 1 atom stereocenters. The van der Waals surface area contributed by atoms with Crippen LogP contribution in [0.1, 0.15) is 17.2 Å². The number of piperazine rings is 1. The zero-order valence-corrected chi connectivity index (χ0v) is 15.6. The first kappa shape index (κ1) is 18.9. The molecule has 0 aromatic heterocycles. The van der Waals surface area contributed by atoms with Crippen LogP contribution in [0.4, 0.5) is 4.79 Å². The normalized spacial score (nSPS) is 17.4. The first-order chi connectivity index (χ1) is 13.1. The van der Waals surface area contributed by atoms with Gasteiger partial charge in [0.05, 0.1) is 12.6 Å². The van der Waals surface area contributed by atoms with Crippen LogP contribution in [0.2, 0.25) is 0 Å². The van der Waals surface area contributed by atoms with Crippen LogP contribution in [0.5, 0.6) is 0 Å². The fourth-order valence-corrected chi connectivity index (χ4v) is 3.28. The molecular weight excluding hydrogens is 340 g/mol. The molecule has 2 aromatic rings. The number of benzene rings is 2. The Balaban J connectivity index is 1.53. The van der Waals surface area contributed by atoms with E-state index in [1.54, 1.807) is 0 Å². The van der Waals surface area contributed by atoms with Crippen molar-refractivity contribution in [3.63, 3.8) is 0 Å². The molecular formula is C21H26N4O2. The van der Waals surface area contributed by atoms with Crippen LogP contribution in [0.25, 0.3) is 0 Å². The van der Waals surface area contributed by atoms with E-state index >= 15 is 0 Å². The van der Waals surface area contributed by atoms with Crippen LogP contribution in [-0.2, 0) is 11.3 Å². The second-order valence-corrected chi connectivity index (χ2v) is 6.80. The smallest absolute Gasteiger partial charge is 0.315 e. The second-order valence-electron chi connectivity index (χ2n) is 6.80. The van der Waals surface area contributed by atoms with Crippen molar-refractivity contribution in [1.82, 2.24) is 20.4 Å². The minimum atomic E-state index is -0.336. The summed E-state index contributed by atoms with van der Waals surface area (Å²) < 4.78 is 0. The van der Waals surface area contributed by atoms with Gasteiger partial charge in [0.2, 0.25) is 5.91 Å². The van der Waals surface area contributed by atoms with Crippen molar-refractivity contribution in [1.29, 1.82) is 0 Å². The lowest BCUT2D eigenvalue weighted by atomic mass is 10.0. The van der Waals surface area contributed by atoms with E-state index in [0.717, 1.165) is 24.2 Å². The Bertz CT molecular complexity index is 751. The van der Waals surface area contributed by atoms with E-state index in [4.69, 9.17) is 0 Å². The highest BCUT2D eigenvalue weighted by atomic mass is 16.2. The lowest BCUT2D eigenvalue weighted by molar-refractivity contribution is -0.135. The minimum Gasteiger partial charge on any atom is -0.334 e. The molecule has 6 heteroatoms. The molecule has 27 heavy (non-hydrogen) atoms. The molecule has 1 heterocycles. The summed E-state index contributed by atoms with van der Waals surface area (Å²) in [6, 6.07) is 19.4. The number of nitrogens with one attached hydrogen (secondary N) is 2. The van der Waals surface area contributed by atoms with Gasteiger partial charge in [0, 0.05) is 26.2 Å². The van der Waals surface area contributed by atoms with Gasteiger partial charge in [-0.05, 0) is 18.2 Å². The van der Waals surface area contributed by atoms with E-state index in [9.17, 15) is 9.59 Å². The Morgan fingerprint density at radius 3 is 2.33 bits per heavy atom. The van der Waals surface area contributed by atoms with Gasteiger partial charge in [-0.1, -0.05) is 60.7 Å². The van der Waals surface area contributed by atoms with E-state index < -0.39 is 0 Å². The molecule has 1 aliphatic rings. The van der Waals surface area contributed by atoms with Gasteiger partial charge in [-0.3, -0.25) is 4.79 Å². The summed E-state index contributed by atoms with van der Waals surface area (Å²) in [5.74, 6) is -0.0631. The third-order valence-electron chi connectivity index (χ3n) is 4.78. The molecule has 3 rings (SSSR count). The van der Waals surface area contributed by atoms with E-state index in [1.807, 2.05) is 65.6 Å². The second kappa shape index (κ2) is 9.19. The zero-order valence-electron chi connectivity index (χ0n) is 15.6. The largest absolute Gasteiger partial charge is 0.334 e. The lowest BCUT2D eigenvalue weighted by Crippen LogP contribution is -2.52. The lowest BCUT2D eigenvalue weighted by Gasteiger charge is -2.40. The maximum atomic E-state index is 12.7. The SMILES string of the molecule is CN1CCN(C(=O)CNC(=O)NCc2ccccc2)C(c2ccccc2)C1. The van der Waals surface area contributed by atoms with Crippen molar-refractivity contribution in [2.24, 2.45) is 0 Å². The van der Waals surface area contributed by atoms with E-state index in [1.165, 1.54) is 0 Å². The van der Waals surface area contributed by atoms with Crippen molar-refractivity contribution < 1.29 is 9.59 Å². The van der Waals surface area contributed by atoms with Crippen LogP contribution in [-0.4, -0.2) is 55.0 Å². The number of hydrogen-bond acceptors (Lipinski definition) is 3. The van der Waals surface area contributed by atoms with Gasteiger partial charge in [0.25, 0.3) is 0 Å². The summed E-state index contributed by atoms with van der Waals surface area (Å²) in [5.41, 5.74) is 2.13. The molecule has 0 bridgehead atoms. The fourth-order valence-electron chi connectivity index (χ4n) is 3.28. The molecule has 1 fully saturated rings. The Morgan fingerprint density at radius 1 is 0.963 bits per heavy atom. The number of urea groups is 1. The predicted octanol–water partition coefficient (Wildman–Crippen LogP) is 2.00. The van der Waals surface area contributed by atoms with Gasteiger partial charge in [-0.25, -0.2) is 4.79 Å². The molecule has 2 N–H and O–H groups in total. The molecule has 0 spiro atoms. The first-order valence-electron chi connectivity index (χ1n) is 9.22. The van der Waals surface area contributed by atoms with Gasteiger partial charge in [-0.15, -0.1) is 0 Å². The molecule has 2 aromatic carbocycles. The third-order valence-corrected chi connectivity index (χ3v) is 4.78. The van der Waals surface area contributed by atoms with Gasteiger partial charge in [-0.2, -0.15) is 0 Å². The number of rotatable bonds is 5. The number of hydrogen-bond donors (Lipinski definition) is 2. The molecule has 0 aliphatic carbocycles. The highest BCUT2D eigenvalue weighted by Crippen LogP contribution is 2.24. The molecule has 0 radical (unpaired) electrons. The van der Waals surface area contributed by atoms with Crippen molar-refractivity contribution in [2.45, 2.75) is 12.6 Å². The van der Waals surface area contributed by atoms with E-state index in [0.29, 0.717) is 13.1 Å². The van der Waals surface area contributed by atoms with E-state index in [2.05, 4.69) is 22.6 Å². The summed E-state index contributed by atoms with van der Waals surface area (Å²) in [4.78, 5) is 28.8. The highest BCUT2D eigenvalue weighted by molar-refractivity contribution is 5.84. The highest BCUT2D eigenvalue weighted by Gasteiger charge is 2.30. The molecule has 1 saturated heterocycles. The summed E-state index contributed by atoms with van der Waals surface area (Å²) >= 11 is 0. The average Bonchev–Trinajstić information content (AvgIpc) is 2.72. The topological polar surface area (TPSA) is 64.7 Å². The number of carbonyl (C=O) groups excluding carboxylic acids is 2. The Labute approximate surface area is 160 Å². The van der Waals surface area contributed by atoms with Crippen LogP contribution in [0.15, 0.2) is 60.7 Å². The first-order valence-corrected chi connectivity index (χ1v) is 9.22. The van der Waals surface area contributed by atoms with Gasteiger partial charge in [0.15, 0.2) is 0 Å². The monoisotopic (exact) mass is 366 g/mol. The zero-order chi connectivity index (χ0) is 19.1. The number of carbonyl (C=O) groups is 2. The van der Waals surface area contributed by atoms with Crippen LogP contribution in [0.3, 0.4) is 0 Å². The predicted molar refractivity (Wildman–Crippen MR) is 105 cm³/mol. The molecule has 142 valence electrons. The summed E-state index contributed by atoms with van der Waals surface area (Å²) in [7, 11) is 2.06. The fraction of sp³-hybridized carbons (Fsp3) is 0.333. The van der Waals surface area contributed by atoms with Crippen LogP contribution >= 0.6 is 0 Å². The average molecular weight is 366 g/mol. The molecule has 0 saturated carbocycles. The number of nitrogens with zero attached hydrogens (tertiary/aromatic N) is 2. The van der Waals surface area contributed by atoms with Crippen molar-refractivity contribution >= 4 is 11.9 Å². The van der Waals surface area contributed by atoms with Crippen LogP contribution < -0.4 is 10.6 Å². The standard InChI is InChI=1S/C21H26N4O2/c1-24-12-13-25(19(16-24)18-10-6-3-7-11-18)20(26)15-23-21(27)22-14-17-8-4-2-5-9-17/h2-11,19H,12-16H2,1H3,(H2,22,23,27). The van der Waals surface area contributed by atoms with Crippen molar-refractivity contribution in [3.05, 3.63) is 71.8 Å². The van der Waals surface area contributed by atoms with Crippen molar-refractivity contribution in [3.8, 4) is 0 Å². The molecule has 3 amide bonds. The van der Waals surface area contributed by atoms with Gasteiger partial charge >= 0.3 is 6.03 Å². The summed E-state index contributed by atoms with van der Waals surface area (Å²) in [5, 5.41) is 5.46. The third kappa shape index (κ3) is 5.31. The molecule has 1 unspecified atom stereocenters. The Morgan fingerprint density at radius 2 is 1.63 bits per heavy atom. The van der Waals surface area contributed by atoms with Gasteiger partial charge < -0.3 is 20.4 Å². The quantitative estimate of drug-likeness (QED) is 0.851. The maximum Gasteiger partial charge on any atom is 0.315 e. The number of likely N-dealkylation sites (N-methyl/N-ethyl adjacent to an activating group) is 1. The van der Waals surface area contributed by atoms with Gasteiger partial charge in [0.1, 0.15) is 0 Å². The summed E-state index contributed by atoms with van der Waals surface area (Å²) in [6.07, 6.45) is 0. The maximum absolute atomic E-state index is 12.7. The molecule has 1 aliphatic heterocycles. The number of amides is 3. The van der Waals surface area contributed by atoms with Crippen LogP contribution in [0, 0.1) is 0 Å². The minimum absolute atomic E-state index is 0.00614. The molecule has 6 nitrogen and oxygen atoms in total. The van der Waals surface area contributed by atoms with E-state index in [-0.39, 0.29) is 24.5 Å².